The van der Waals surface area contributed by atoms with E-state index in [1.807, 2.05) is 18.2 Å². The second-order valence-corrected chi connectivity index (χ2v) is 6.51. The molecule has 0 aliphatic carbocycles. The molecule has 3 heteroatoms. The molecule has 0 bridgehead atoms. The summed E-state index contributed by atoms with van der Waals surface area (Å²) in [5.41, 5.74) is 1.35. The third-order valence-electron chi connectivity index (χ3n) is 3.67. The first-order valence-corrected chi connectivity index (χ1v) is 7.37. The highest BCUT2D eigenvalue weighted by molar-refractivity contribution is 5.33. The van der Waals surface area contributed by atoms with Crippen LogP contribution in [0.15, 0.2) is 24.3 Å². The molecule has 2 unspecified atom stereocenters. The molecule has 0 aliphatic heterocycles. The summed E-state index contributed by atoms with van der Waals surface area (Å²) < 4.78 is 5.40. The van der Waals surface area contributed by atoms with E-state index in [2.05, 4.69) is 39.1 Å². The number of methoxy groups -OCH3 is 1. The van der Waals surface area contributed by atoms with Crippen LogP contribution in [0.3, 0.4) is 0 Å². The fourth-order valence-corrected chi connectivity index (χ4v) is 2.50. The van der Waals surface area contributed by atoms with Crippen molar-refractivity contribution in [3.63, 3.8) is 0 Å². The van der Waals surface area contributed by atoms with Gasteiger partial charge >= 0.3 is 0 Å². The number of nitrogens with one attached hydrogen (secondary N) is 1. The predicted molar refractivity (Wildman–Crippen MR) is 84.2 cm³/mol. The lowest BCUT2D eigenvalue weighted by Crippen LogP contribution is -2.46. The molecule has 114 valence electrons. The van der Waals surface area contributed by atoms with E-state index in [1.54, 1.807) is 7.11 Å². The van der Waals surface area contributed by atoms with Crippen molar-refractivity contribution in [1.82, 2.24) is 5.32 Å². The standard InChI is InChI=1S/C17H29NO2/c1-13(18-16(10-11-19)17(2,3)4)12-14-8-6-7-9-15(14)20-5/h6-9,13,16,18-19H,10-12H2,1-5H3. The molecule has 0 amide bonds. The highest BCUT2D eigenvalue weighted by Crippen LogP contribution is 2.24. The van der Waals surface area contributed by atoms with E-state index in [4.69, 9.17) is 4.74 Å². The zero-order valence-corrected chi connectivity index (χ0v) is 13.4. The minimum absolute atomic E-state index is 0.137. The van der Waals surface area contributed by atoms with Crippen molar-refractivity contribution >= 4 is 0 Å². The molecule has 0 heterocycles. The maximum Gasteiger partial charge on any atom is 0.122 e. The van der Waals surface area contributed by atoms with Crippen LogP contribution in [0.1, 0.15) is 39.7 Å². The Morgan fingerprint density at radius 3 is 2.45 bits per heavy atom. The van der Waals surface area contributed by atoms with E-state index in [-0.39, 0.29) is 12.0 Å². The molecule has 0 saturated carbocycles. The number of ether oxygens (including phenoxy) is 1. The van der Waals surface area contributed by atoms with Gasteiger partial charge in [0.2, 0.25) is 0 Å². The number of aliphatic hydroxyl groups excluding tert-OH is 1. The Labute approximate surface area is 123 Å². The van der Waals surface area contributed by atoms with Crippen LogP contribution in [0.4, 0.5) is 0 Å². The van der Waals surface area contributed by atoms with E-state index in [0.717, 1.165) is 18.6 Å². The predicted octanol–water partition coefficient (Wildman–Crippen LogP) is 3.01. The maximum atomic E-state index is 9.22. The number of hydrogen-bond acceptors (Lipinski definition) is 3. The molecule has 2 N–H and O–H groups in total. The number of aliphatic hydroxyl groups is 1. The van der Waals surface area contributed by atoms with Crippen LogP contribution in [0.5, 0.6) is 5.75 Å². The topological polar surface area (TPSA) is 41.5 Å². The van der Waals surface area contributed by atoms with Crippen molar-refractivity contribution in [2.24, 2.45) is 5.41 Å². The molecule has 1 aromatic rings. The van der Waals surface area contributed by atoms with Gasteiger partial charge in [0, 0.05) is 18.7 Å². The molecule has 20 heavy (non-hydrogen) atoms. The van der Waals surface area contributed by atoms with Crippen LogP contribution in [0.25, 0.3) is 0 Å². The van der Waals surface area contributed by atoms with Crippen molar-refractivity contribution in [2.75, 3.05) is 13.7 Å². The number of rotatable bonds is 7. The highest BCUT2D eigenvalue weighted by Gasteiger charge is 2.25. The maximum absolute atomic E-state index is 9.22. The van der Waals surface area contributed by atoms with Crippen molar-refractivity contribution in [3.05, 3.63) is 29.8 Å². The molecule has 0 spiro atoms. The molecular formula is C17H29NO2. The minimum atomic E-state index is 0.137. The second kappa shape index (κ2) is 7.65. The Balaban J connectivity index is 2.68. The zero-order chi connectivity index (χ0) is 15.2. The molecule has 0 radical (unpaired) electrons. The summed E-state index contributed by atoms with van der Waals surface area (Å²) in [5.74, 6) is 0.940. The molecule has 3 nitrogen and oxygen atoms in total. The van der Waals surface area contributed by atoms with Crippen LogP contribution in [0, 0.1) is 5.41 Å². The van der Waals surface area contributed by atoms with Crippen molar-refractivity contribution in [2.45, 2.75) is 52.6 Å². The number of benzene rings is 1. The van der Waals surface area contributed by atoms with Crippen LogP contribution in [-0.2, 0) is 6.42 Å². The summed E-state index contributed by atoms with van der Waals surface area (Å²) >= 11 is 0. The second-order valence-electron chi connectivity index (χ2n) is 6.51. The smallest absolute Gasteiger partial charge is 0.122 e. The zero-order valence-electron chi connectivity index (χ0n) is 13.4. The molecule has 1 rings (SSSR count). The van der Waals surface area contributed by atoms with Crippen LogP contribution in [0.2, 0.25) is 0 Å². The molecule has 0 saturated heterocycles. The lowest BCUT2D eigenvalue weighted by atomic mass is 9.84. The van der Waals surface area contributed by atoms with E-state index in [0.29, 0.717) is 12.1 Å². The molecule has 0 fully saturated rings. The summed E-state index contributed by atoms with van der Waals surface area (Å²) in [4.78, 5) is 0. The average Bonchev–Trinajstić information content (AvgIpc) is 2.37. The van der Waals surface area contributed by atoms with Gasteiger partial charge in [-0.2, -0.15) is 0 Å². The van der Waals surface area contributed by atoms with Gasteiger partial charge in [0.1, 0.15) is 5.75 Å². The summed E-state index contributed by atoms with van der Waals surface area (Å²) in [6.07, 6.45) is 1.70. The van der Waals surface area contributed by atoms with Crippen LogP contribution in [-0.4, -0.2) is 30.9 Å². The van der Waals surface area contributed by atoms with E-state index in [1.165, 1.54) is 5.56 Å². The molecular weight excluding hydrogens is 250 g/mol. The fraction of sp³-hybridized carbons (Fsp3) is 0.647. The number of para-hydroxylation sites is 1. The normalized spacial score (nSPS) is 14.9. The first-order chi connectivity index (χ1) is 9.38. The summed E-state index contributed by atoms with van der Waals surface area (Å²) in [6, 6.07) is 8.77. The van der Waals surface area contributed by atoms with Crippen molar-refractivity contribution in [3.8, 4) is 5.75 Å². The third-order valence-corrected chi connectivity index (χ3v) is 3.67. The van der Waals surface area contributed by atoms with E-state index < -0.39 is 0 Å². The van der Waals surface area contributed by atoms with Gasteiger partial charge in [-0.3, -0.25) is 0 Å². The Kier molecular flexibility index (Phi) is 6.50. The number of hydrogen-bond donors (Lipinski definition) is 2. The minimum Gasteiger partial charge on any atom is -0.496 e. The van der Waals surface area contributed by atoms with Crippen molar-refractivity contribution in [1.29, 1.82) is 0 Å². The van der Waals surface area contributed by atoms with Gasteiger partial charge in [0.15, 0.2) is 0 Å². The molecule has 1 aromatic carbocycles. The SMILES string of the molecule is COc1ccccc1CC(C)NC(CCO)C(C)(C)C. The Morgan fingerprint density at radius 2 is 1.90 bits per heavy atom. The van der Waals surface area contributed by atoms with E-state index >= 15 is 0 Å². The monoisotopic (exact) mass is 279 g/mol. The van der Waals surface area contributed by atoms with Gasteiger partial charge in [-0.1, -0.05) is 39.0 Å². The quantitative estimate of drug-likeness (QED) is 0.806. The lowest BCUT2D eigenvalue weighted by molar-refractivity contribution is 0.187. The lowest BCUT2D eigenvalue weighted by Gasteiger charge is -2.34. The van der Waals surface area contributed by atoms with Gasteiger partial charge in [0.25, 0.3) is 0 Å². The van der Waals surface area contributed by atoms with Gasteiger partial charge in [0.05, 0.1) is 7.11 Å². The Bertz CT molecular complexity index is 398. The average molecular weight is 279 g/mol. The van der Waals surface area contributed by atoms with Crippen molar-refractivity contribution < 1.29 is 9.84 Å². The van der Waals surface area contributed by atoms with Gasteiger partial charge in [-0.05, 0) is 36.8 Å². The first-order valence-electron chi connectivity index (χ1n) is 7.37. The Morgan fingerprint density at radius 1 is 1.25 bits per heavy atom. The van der Waals surface area contributed by atoms with Gasteiger partial charge < -0.3 is 15.2 Å². The van der Waals surface area contributed by atoms with Crippen LogP contribution < -0.4 is 10.1 Å². The molecule has 2 atom stereocenters. The molecule has 0 aromatic heterocycles. The highest BCUT2D eigenvalue weighted by atomic mass is 16.5. The summed E-state index contributed by atoms with van der Waals surface area (Å²) in [7, 11) is 1.71. The first kappa shape index (κ1) is 17.0. The fourth-order valence-electron chi connectivity index (χ4n) is 2.50. The molecule has 0 aliphatic rings. The van der Waals surface area contributed by atoms with E-state index in [9.17, 15) is 5.11 Å². The summed E-state index contributed by atoms with van der Waals surface area (Å²) in [5, 5.41) is 12.9. The summed E-state index contributed by atoms with van der Waals surface area (Å²) in [6.45, 7) is 9.02. The van der Waals surface area contributed by atoms with Gasteiger partial charge in [-0.25, -0.2) is 0 Å². The third kappa shape index (κ3) is 5.14. The Hall–Kier alpha value is -1.06. The van der Waals surface area contributed by atoms with Crippen LogP contribution >= 0.6 is 0 Å². The van der Waals surface area contributed by atoms with Gasteiger partial charge in [-0.15, -0.1) is 0 Å². The largest absolute Gasteiger partial charge is 0.496 e.